The molecule has 0 heterocycles. The number of hydrogen-bond acceptors (Lipinski definition) is 2. The summed E-state index contributed by atoms with van der Waals surface area (Å²) in [5, 5.41) is 3.94. The Morgan fingerprint density at radius 1 is 1.53 bits per heavy atom. The molecule has 0 aromatic rings. The van der Waals surface area contributed by atoms with Crippen molar-refractivity contribution in [2.24, 2.45) is 5.92 Å². The van der Waals surface area contributed by atoms with Gasteiger partial charge in [0.1, 0.15) is 0 Å². The molecule has 0 spiro atoms. The molecule has 2 nitrogen and oxygen atoms in total. The van der Waals surface area contributed by atoms with Crippen LogP contribution in [0.25, 0.3) is 0 Å². The number of nitrogens with one attached hydrogen (secondary N) is 1. The highest BCUT2D eigenvalue weighted by Crippen LogP contribution is 2.21. The molecule has 0 fully saturated rings. The van der Waals surface area contributed by atoms with Crippen molar-refractivity contribution in [3.8, 4) is 0 Å². The molecule has 1 aliphatic carbocycles. The van der Waals surface area contributed by atoms with Crippen LogP contribution in [0.1, 0.15) is 34.1 Å². The molecule has 1 aliphatic rings. The van der Waals surface area contributed by atoms with Crippen LogP contribution in [0.15, 0.2) is 23.3 Å². The molecule has 98 valence electrons. The Kier molecular flexibility index (Phi) is 6.46. The molecule has 0 unspecified atom stereocenters. The van der Waals surface area contributed by atoms with E-state index in [1.54, 1.807) is 0 Å². The fourth-order valence-electron chi connectivity index (χ4n) is 1.88. The zero-order chi connectivity index (χ0) is 12.3. The topological polar surface area (TPSA) is 29.1 Å². The fraction of sp³-hybridized carbons (Fsp3) is 0.615. The second-order valence-corrected chi connectivity index (χ2v) is 5.75. The lowest BCUT2D eigenvalue weighted by Crippen LogP contribution is -2.47. The number of rotatable bonds is 3. The van der Waals surface area contributed by atoms with Crippen LogP contribution in [0, 0.1) is 5.92 Å². The maximum Gasteiger partial charge on any atom is 0.156 e. The maximum absolute atomic E-state index is 12.1. The Hall–Kier alpha value is -0.310. The van der Waals surface area contributed by atoms with Crippen LogP contribution in [0.4, 0.5) is 0 Å². The summed E-state index contributed by atoms with van der Waals surface area (Å²) in [6.45, 7) is 8.08. The van der Waals surface area contributed by atoms with E-state index < -0.39 is 0 Å². The van der Waals surface area contributed by atoms with E-state index in [0.29, 0.717) is 5.03 Å². The molecule has 17 heavy (non-hydrogen) atoms. The van der Waals surface area contributed by atoms with Crippen molar-refractivity contribution in [1.82, 2.24) is 5.32 Å². The molecule has 4 heteroatoms. The molecule has 0 aliphatic heterocycles. The predicted molar refractivity (Wildman–Crippen MR) is 75.8 cm³/mol. The normalized spacial score (nSPS) is 21.5. The van der Waals surface area contributed by atoms with Crippen LogP contribution in [-0.4, -0.2) is 17.4 Å². The molecule has 2 atom stereocenters. The molecule has 0 saturated carbocycles. The van der Waals surface area contributed by atoms with Crippen LogP contribution >= 0.6 is 24.0 Å². The van der Waals surface area contributed by atoms with E-state index in [-0.39, 0.29) is 35.7 Å². The molecule has 0 saturated heterocycles. The highest BCUT2D eigenvalue weighted by molar-refractivity contribution is 6.31. The lowest BCUT2D eigenvalue weighted by Gasteiger charge is -2.27. The van der Waals surface area contributed by atoms with Crippen molar-refractivity contribution >= 4 is 29.8 Å². The monoisotopic (exact) mass is 277 g/mol. The zero-order valence-corrected chi connectivity index (χ0v) is 12.4. The number of carbonyl (C=O) groups is 1. The third-order valence-electron chi connectivity index (χ3n) is 2.47. The van der Waals surface area contributed by atoms with Crippen molar-refractivity contribution in [1.29, 1.82) is 0 Å². The average molecular weight is 278 g/mol. The lowest BCUT2D eigenvalue weighted by atomic mass is 9.91. The van der Waals surface area contributed by atoms with Gasteiger partial charge in [-0.15, -0.1) is 12.4 Å². The first-order valence-corrected chi connectivity index (χ1v) is 6.02. The van der Waals surface area contributed by atoms with E-state index in [1.807, 2.05) is 25.2 Å². The number of hydrogen-bond donors (Lipinski definition) is 1. The van der Waals surface area contributed by atoms with Gasteiger partial charge in [0.05, 0.1) is 6.04 Å². The number of halogens is 2. The van der Waals surface area contributed by atoms with Crippen molar-refractivity contribution < 1.29 is 4.79 Å². The standard InChI is InChI=1S/C13H20ClNO.ClH/c1-9(15-13(2,3)4)12(16)10-6-5-7-11(14)8-10;/h5,7-10,15H,6H2,1-4H3;1H/t9-,10+;/m1./s1. The zero-order valence-electron chi connectivity index (χ0n) is 10.8. The van der Waals surface area contributed by atoms with Gasteiger partial charge in [-0.2, -0.15) is 0 Å². The smallest absolute Gasteiger partial charge is 0.156 e. The van der Waals surface area contributed by atoms with Gasteiger partial charge < -0.3 is 5.32 Å². The fourth-order valence-corrected chi connectivity index (χ4v) is 2.12. The van der Waals surface area contributed by atoms with Crippen LogP contribution in [-0.2, 0) is 4.79 Å². The molecule has 0 amide bonds. The summed E-state index contributed by atoms with van der Waals surface area (Å²) in [5.41, 5.74) is -0.0485. The molecule has 0 radical (unpaired) electrons. The minimum absolute atomic E-state index is 0. The molecule has 1 N–H and O–H groups in total. The van der Waals surface area contributed by atoms with Gasteiger partial charge in [-0.1, -0.05) is 23.8 Å². The van der Waals surface area contributed by atoms with Gasteiger partial charge in [-0.25, -0.2) is 0 Å². The Morgan fingerprint density at radius 2 is 2.12 bits per heavy atom. The summed E-state index contributed by atoms with van der Waals surface area (Å²) < 4.78 is 0. The van der Waals surface area contributed by atoms with Gasteiger partial charge in [-0.3, -0.25) is 4.79 Å². The van der Waals surface area contributed by atoms with Gasteiger partial charge in [0, 0.05) is 16.5 Å². The molecule has 0 aromatic heterocycles. The molecule has 0 bridgehead atoms. The summed E-state index contributed by atoms with van der Waals surface area (Å²) in [4.78, 5) is 12.1. The van der Waals surface area contributed by atoms with Crippen molar-refractivity contribution in [2.75, 3.05) is 0 Å². The van der Waals surface area contributed by atoms with Crippen molar-refractivity contribution in [3.63, 3.8) is 0 Å². The summed E-state index contributed by atoms with van der Waals surface area (Å²) in [6.07, 6.45) is 6.39. The summed E-state index contributed by atoms with van der Waals surface area (Å²) >= 11 is 5.89. The van der Waals surface area contributed by atoms with Gasteiger partial charge in [0.25, 0.3) is 0 Å². The largest absolute Gasteiger partial charge is 0.303 e. The first-order chi connectivity index (χ1) is 7.29. The Bertz CT molecular complexity index is 329. The quantitative estimate of drug-likeness (QED) is 0.856. The number of carbonyl (C=O) groups excluding carboxylic acids is 1. The molecule has 0 aromatic carbocycles. The van der Waals surface area contributed by atoms with Crippen LogP contribution in [0.3, 0.4) is 0 Å². The van der Waals surface area contributed by atoms with Crippen molar-refractivity contribution in [3.05, 3.63) is 23.3 Å². The highest BCUT2D eigenvalue weighted by Gasteiger charge is 2.25. The van der Waals surface area contributed by atoms with E-state index in [2.05, 4.69) is 26.1 Å². The second kappa shape index (κ2) is 6.58. The summed E-state index contributed by atoms with van der Waals surface area (Å²) in [7, 11) is 0. The van der Waals surface area contributed by atoms with Gasteiger partial charge in [0.2, 0.25) is 0 Å². The van der Waals surface area contributed by atoms with E-state index in [0.717, 1.165) is 6.42 Å². The van der Waals surface area contributed by atoms with Crippen molar-refractivity contribution in [2.45, 2.75) is 45.7 Å². The maximum atomic E-state index is 12.1. The lowest BCUT2D eigenvalue weighted by molar-refractivity contribution is -0.123. The minimum Gasteiger partial charge on any atom is -0.303 e. The number of ketones is 1. The Morgan fingerprint density at radius 3 is 2.59 bits per heavy atom. The highest BCUT2D eigenvalue weighted by atomic mass is 35.5. The summed E-state index contributed by atoms with van der Waals surface area (Å²) in [5.74, 6) is 0.125. The predicted octanol–water partition coefficient (Wildman–Crippen LogP) is 3.45. The first kappa shape index (κ1) is 16.7. The van der Waals surface area contributed by atoms with Crippen LogP contribution in [0.2, 0.25) is 0 Å². The Balaban J connectivity index is 0.00000256. The minimum atomic E-state index is -0.141. The van der Waals surface area contributed by atoms with Gasteiger partial charge in [-0.05, 0) is 40.2 Å². The number of allylic oxidation sites excluding steroid dienone is 4. The number of Topliss-reactive ketones (excluding diaryl/α,β-unsaturated/α-hetero) is 1. The van der Waals surface area contributed by atoms with Gasteiger partial charge in [0.15, 0.2) is 5.78 Å². The second-order valence-electron chi connectivity index (χ2n) is 5.31. The van der Waals surface area contributed by atoms with E-state index in [9.17, 15) is 4.79 Å². The third kappa shape index (κ3) is 5.71. The van der Waals surface area contributed by atoms with Crippen LogP contribution < -0.4 is 5.32 Å². The van der Waals surface area contributed by atoms with E-state index >= 15 is 0 Å². The van der Waals surface area contributed by atoms with Crippen LogP contribution in [0.5, 0.6) is 0 Å². The molecular formula is C13H21Cl2NO. The third-order valence-corrected chi connectivity index (χ3v) is 2.72. The first-order valence-electron chi connectivity index (χ1n) is 5.65. The molecular weight excluding hydrogens is 257 g/mol. The van der Waals surface area contributed by atoms with Gasteiger partial charge >= 0.3 is 0 Å². The SMILES string of the molecule is C[C@@H](NC(C)(C)C)C(=O)[C@@H]1C=C(Cl)C=CC1.Cl. The molecule has 1 rings (SSSR count). The van der Waals surface area contributed by atoms with E-state index in [4.69, 9.17) is 11.6 Å². The average Bonchev–Trinajstić information content (AvgIpc) is 2.14. The Labute approximate surface area is 115 Å². The van der Waals surface area contributed by atoms with E-state index in [1.165, 1.54) is 0 Å². The summed E-state index contributed by atoms with van der Waals surface area (Å²) in [6, 6.07) is -0.141.